The van der Waals surface area contributed by atoms with Gasteiger partial charge in [0.2, 0.25) is 5.91 Å². The van der Waals surface area contributed by atoms with Gasteiger partial charge in [-0.25, -0.2) is 0 Å². The standard InChI is InChI=1S/C18H29N3O2/c1-23-17-11-7-6-10-16(17)21-14-18(22)20-13-12-19-15-8-4-2-3-5-9-15/h6-7,10-11,15,19,21H,2-5,8-9,12-14H2,1H3,(H,20,22). The van der Waals surface area contributed by atoms with Gasteiger partial charge < -0.3 is 20.7 Å². The summed E-state index contributed by atoms with van der Waals surface area (Å²) in [7, 11) is 1.62. The van der Waals surface area contributed by atoms with Crippen LogP contribution in [0.2, 0.25) is 0 Å². The Morgan fingerprint density at radius 2 is 1.87 bits per heavy atom. The first-order valence-electron chi connectivity index (χ1n) is 8.66. The van der Waals surface area contributed by atoms with Crippen LogP contribution in [0, 0.1) is 0 Å². The summed E-state index contributed by atoms with van der Waals surface area (Å²) in [4.78, 5) is 11.9. The predicted octanol–water partition coefficient (Wildman–Crippen LogP) is 2.54. The Hall–Kier alpha value is -1.75. The molecule has 23 heavy (non-hydrogen) atoms. The first kappa shape index (κ1) is 17.6. The van der Waals surface area contributed by atoms with Crippen LogP contribution in [0.4, 0.5) is 5.69 Å². The van der Waals surface area contributed by atoms with E-state index in [0.29, 0.717) is 12.6 Å². The zero-order valence-corrected chi connectivity index (χ0v) is 14.1. The Morgan fingerprint density at radius 3 is 2.61 bits per heavy atom. The summed E-state index contributed by atoms with van der Waals surface area (Å²) >= 11 is 0. The number of methoxy groups -OCH3 is 1. The fraction of sp³-hybridized carbons (Fsp3) is 0.611. The van der Waals surface area contributed by atoms with Gasteiger partial charge in [0.25, 0.3) is 0 Å². The third kappa shape index (κ3) is 6.48. The van der Waals surface area contributed by atoms with Crippen molar-refractivity contribution in [3.05, 3.63) is 24.3 Å². The van der Waals surface area contributed by atoms with Crippen molar-refractivity contribution in [2.45, 2.75) is 44.6 Å². The van der Waals surface area contributed by atoms with Crippen LogP contribution < -0.4 is 20.7 Å². The summed E-state index contributed by atoms with van der Waals surface area (Å²) in [5.41, 5.74) is 0.835. The van der Waals surface area contributed by atoms with Crippen LogP contribution in [-0.2, 0) is 4.79 Å². The van der Waals surface area contributed by atoms with Crippen LogP contribution in [0.25, 0.3) is 0 Å². The van der Waals surface area contributed by atoms with Gasteiger partial charge in [-0.3, -0.25) is 4.79 Å². The molecular formula is C18H29N3O2. The number of anilines is 1. The molecule has 3 N–H and O–H groups in total. The van der Waals surface area contributed by atoms with Gasteiger partial charge in [0, 0.05) is 19.1 Å². The highest BCUT2D eigenvalue weighted by Gasteiger charge is 2.11. The fourth-order valence-corrected chi connectivity index (χ4v) is 2.99. The van der Waals surface area contributed by atoms with E-state index < -0.39 is 0 Å². The molecule has 1 aromatic carbocycles. The number of hydrogen-bond acceptors (Lipinski definition) is 4. The van der Waals surface area contributed by atoms with Gasteiger partial charge in [0.15, 0.2) is 0 Å². The van der Waals surface area contributed by atoms with Crippen LogP contribution in [0.1, 0.15) is 38.5 Å². The third-order valence-corrected chi connectivity index (χ3v) is 4.28. The van der Waals surface area contributed by atoms with E-state index in [4.69, 9.17) is 4.74 Å². The lowest BCUT2D eigenvalue weighted by atomic mass is 10.1. The van der Waals surface area contributed by atoms with E-state index in [9.17, 15) is 4.79 Å². The van der Waals surface area contributed by atoms with Crippen LogP contribution in [0.3, 0.4) is 0 Å². The lowest BCUT2D eigenvalue weighted by Crippen LogP contribution is -2.38. The zero-order chi connectivity index (χ0) is 16.3. The minimum Gasteiger partial charge on any atom is -0.495 e. The first-order valence-corrected chi connectivity index (χ1v) is 8.66. The molecule has 1 aliphatic rings. The van der Waals surface area contributed by atoms with E-state index >= 15 is 0 Å². The lowest BCUT2D eigenvalue weighted by Gasteiger charge is -2.16. The molecule has 0 heterocycles. The molecule has 0 unspecified atom stereocenters. The molecule has 128 valence electrons. The highest BCUT2D eigenvalue weighted by molar-refractivity contribution is 5.81. The Balaban J connectivity index is 1.59. The van der Waals surface area contributed by atoms with Crippen molar-refractivity contribution in [3.8, 4) is 5.75 Å². The molecule has 5 heteroatoms. The minimum atomic E-state index is -0.00132. The summed E-state index contributed by atoms with van der Waals surface area (Å²) in [6, 6.07) is 8.22. The molecule has 0 aromatic heterocycles. The molecule has 1 aliphatic carbocycles. The number of benzene rings is 1. The normalized spacial score (nSPS) is 15.7. The maximum absolute atomic E-state index is 11.9. The van der Waals surface area contributed by atoms with Gasteiger partial charge in [-0.15, -0.1) is 0 Å². The van der Waals surface area contributed by atoms with Gasteiger partial charge in [0.1, 0.15) is 5.75 Å². The number of carbonyl (C=O) groups excluding carboxylic acids is 1. The smallest absolute Gasteiger partial charge is 0.239 e. The van der Waals surface area contributed by atoms with Crippen molar-refractivity contribution >= 4 is 11.6 Å². The number of nitrogens with one attached hydrogen (secondary N) is 3. The van der Waals surface area contributed by atoms with E-state index in [-0.39, 0.29) is 12.5 Å². The molecule has 1 fully saturated rings. The molecule has 0 atom stereocenters. The molecule has 5 nitrogen and oxygen atoms in total. The molecule has 1 amide bonds. The molecule has 1 saturated carbocycles. The highest BCUT2D eigenvalue weighted by Crippen LogP contribution is 2.22. The van der Waals surface area contributed by atoms with E-state index in [1.165, 1.54) is 38.5 Å². The Labute approximate surface area is 139 Å². The van der Waals surface area contributed by atoms with Gasteiger partial charge in [-0.2, -0.15) is 0 Å². The van der Waals surface area contributed by atoms with Gasteiger partial charge in [-0.05, 0) is 25.0 Å². The highest BCUT2D eigenvalue weighted by atomic mass is 16.5. The van der Waals surface area contributed by atoms with E-state index in [1.54, 1.807) is 7.11 Å². The molecule has 1 aromatic rings. The summed E-state index contributed by atoms with van der Waals surface area (Å²) in [6.45, 7) is 1.76. The van der Waals surface area contributed by atoms with E-state index in [0.717, 1.165) is 18.0 Å². The van der Waals surface area contributed by atoms with Gasteiger partial charge >= 0.3 is 0 Å². The van der Waals surface area contributed by atoms with Crippen molar-refractivity contribution in [1.82, 2.24) is 10.6 Å². The quantitative estimate of drug-likeness (QED) is 0.509. The molecular weight excluding hydrogens is 290 g/mol. The fourth-order valence-electron chi connectivity index (χ4n) is 2.99. The number of ether oxygens (including phenoxy) is 1. The topological polar surface area (TPSA) is 62.4 Å². The van der Waals surface area contributed by atoms with Crippen LogP contribution in [-0.4, -0.2) is 38.7 Å². The van der Waals surface area contributed by atoms with E-state index in [2.05, 4.69) is 16.0 Å². The summed E-state index contributed by atoms with van der Waals surface area (Å²) in [5, 5.41) is 9.60. The average Bonchev–Trinajstić information content (AvgIpc) is 2.86. The Bertz CT molecular complexity index is 471. The molecule has 0 bridgehead atoms. The molecule has 0 radical (unpaired) electrons. The summed E-state index contributed by atoms with van der Waals surface area (Å²) in [5.74, 6) is 0.744. The summed E-state index contributed by atoms with van der Waals surface area (Å²) < 4.78 is 5.25. The van der Waals surface area contributed by atoms with Crippen molar-refractivity contribution < 1.29 is 9.53 Å². The van der Waals surface area contributed by atoms with Crippen molar-refractivity contribution in [3.63, 3.8) is 0 Å². The van der Waals surface area contributed by atoms with Crippen molar-refractivity contribution in [2.24, 2.45) is 0 Å². The SMILES string of the molecule is COc1ccccc1NCC(=O)NCCNC1CCCCCC1. The number of rotatable bonds is 8. The second kappa shape index (κ2) is 10.1. The van der Waals surface area contributed by atoms with Gasteiger partial charge in [0.05, 0.1) is 19.3 Å². The Kier molecular flexibility index (Phi) is 7.73. The van der Waals surface area contributed by atoms with Gasteiger partial charge in [-0.1, -0.05) is 37.8 Å². The van der Waals surface area contributed by atoms with Crippen molar-refractivity contribution in [1.29, 1.82) is 0 Å². The zero-order valence-electron chi connectivity index (χ0n) is 14.1. The maximum atomic E-state index is 11.9. The number of carbonyl (C=O) groups is 1. The number of para-hydroxylation sites is 2. The van der Waals surface area contributed by atoms with E-state index in [1.807, 2.05) is 24.3 Å². The molecule has 0 saturated heterocycles. The largest absolute Gasteiger partial charge is 0.495 e. The second-order valence-corrected chi connectivity index (χ2v) is 6.05. The third-order valence-electron chi connectivity index (χ3n) is 4.28. The predicted molar refractivity (Wildman–Crippen MR) is 94.0 cm³/mol. The molecule has 2 rings (SSSR count). The maximum Gasteiger partial charge on any atom is 0.239 e. The lowest BCUT2D eigenvalue weighted by molar-refractivity contribution is -0.119. The van der Waals surface area contributed by atoms with Crippen LogP contribution in [0.15, 0.2) is 24.3 Å². The van der Waals surface area contributed by atoms with Crippen LogP contribution in [0.5, 0.6) is 5.75 Å². The average molecular weight is 319 g/mol. The Morgan fingerprint density at radius 1 is 1.13 bits per heavy atom. The van der Waals surface area contributed by atoms with Crippen molar-refractivity contribution in [2.75, 3.05) is 32.1 Å². The summed E-state index contributed by atoms with van der Waals surface area (Å²) in [6.07, 6.45) is 7.92. The first-order chi connectivity index (χ1) is 11.3. The number of amides is 1. The van der Waals surface area contributed by atoms with Crippen LogP contribution >= 0.6 is 0 Å². The molecule has 0 aliphatic heterocycles. The monoisotopic (exact) mass is 319 g/mol. The number of hydrogen-bond donors (Lipinski definition) is 3. The molecule has 0 spiro atoms. The second-order valence-electron chi connectivity index (χ2n) is 6.05. The minimum absolute atomic E-state index is 0.00132.